The van der Waals surface area contributed by atoms with E-state index >= 15 is 0 Å². The highest BCUT2D eigenvalue weighted by molar-refractivity contribution is 5.51. The molecule has 1 aliphatic rings. The quantitative estimate of drug-likeness (QED) is 0.509. The van der Waals surface area contributed by atoms with Crippen LogP contribution in [0.4, 0.5) is 0 Å². The minimum atomic E-state index is 0.249. The average molecular weight is 227 g/mol. The Morgan fingerprint density at radius 1 is 1.41 bits per heavy atom. The zero-order chi connectivity index (χ0) is 13.0. The smallest absolute Gasteiger partial charge is 0.125 e. The molecule has 0 fully saturated rings. The number of allylic oxidation sites excluding steroid dienone is 4. The molecule has 0 saturated carbocycles. The Balaban J connectivity index is 3.20. The van der Waals surface area contributed by atoms with Crippen molar-refractivity contribution in [2.75, 3.05) is 7.05 Å². The molecule has 0 unspecified atom stereocenters. The third kappa shape index (κ3) is 2.92. The van der Waals surface area contributed by atoms with Gasteiger partial charge in [-0.1, -0.05) is 25.7 Å². The number of nitrogens with two attached hydrogens (primary N) is 1. The van der Waals surface area contributed by atoms with Gasteiger partial charge in [0.25, 0.3) is 0 Å². The largest absolute Gasteiger partial charge is 0.397 e. The molecule has 3 heteroatoms. The number of nitriles is 1. The molecule has 0 aromatic carbocycles. The van der Waals surface area contributed by atoms with Crippen molar-refractivity contribution in [3.05, 3.63) is 34.8 Å². The van der Waals surface area contributed by atoms with Crippen molar-refractivity contribution < 1.29 is 0 Å². The van der Waals surface area contributed by atoms with Crippen molar-refractivity contribution in [1.29, 1.82) is 5.26 Å². The molecule has 1 aliphatic heterocycles. The van der Waals surface area contributed by atoms with Crippen LogP contribution in [0.25, 0.3) is 0 Å². The Labute approximate surface area is 103 Å². The Hall–Kier alpha value is -2.13. The summed E-state index contributed by atoms with van der Waals surface area (Å²) in [5, 5.41) is 9.14. The molecule has 1 heterocycles. The fourth-order valence-electron chi connectivity index (χ4n) is 1.39. The third-order valence-corrected chi connectivity index (χ3v) is 2.56. The first-order valence-corrected chi connectivity index (χ1v) is 5.51. The lowest BCUT2D eigenvalue weighted by molar-refractivity contribution is 0.523. The van der Waals surface area contributed by atoms with E-state index in [0.717, 1.165) is 11.4 Å². The van der Waals surface area contributed by atoms with Gasteiger partial charge in [-0.2, -0.15) is 5.26 Å². The summed E-state index contributed by atoms with van der Waals surface area (Å²) >= 11 is 0. The topological polar surface area (TPSA) is 53.1 Å². The Morgan fingerprint density at radius 3 is 2.59 bits per heavy atom. The lowest BCUT2D eigenvalue weighted by Crippen LogP contribution is -2.22. The molecule has 0 radical (unpaired) electrons. The summed E-state index contributed by atoms with van der Waals surface area (Å²) in [5.41, 5.74) is 8.72. The fourth-order valence-corrected chi connectivity index (χ4v) is 1.39. The van der Waals surface area contributed by atoms with E-state index in [1.54, 1.807) is 6.08 Å². The Morgan fingerprint density at radius 2 is 2.06 bits per heavy atom. The number of nitrogens with zero attached hydrogens (tertiary/aromatic N) is 2. The van der Waals surface area contributed by atoms with E-state index in [1.807, 2.05) is 38.8 Å². The van der Waals surface area contributed by atoms with Crippen molar-refractivity contribution in [3.8, 4) is 17.9 Å². The van der Waals surface area contributed by atoms with Crippen LogP contribution >= 0.6 is 0 Å². The molecule has 0 aromatic rings. The molecule has 0 saturated heterocycles. The molecule has 3 nitrogen and oxygen atoms in total. The van der Waals surface area contributed by atoms with E-state index in [4.69, 9.17) is 11.0 Å². The molecule has 0 bridgehead atoms. The summed E-state index contributed by atoms with van der Waals surface area (Å²) in [4.78, 5) is 1.89. The van der Waals surface area contributed by atoms with Gasteiger partial charge in [-0.05, 0) is 19.1 Å². The van der Waals surface area contributed by atoms with Crippen LogP contribution in [0.1, 0.15) is 20.8 Å². The summed E-state index contributed by atoms with van der Waals surface area (Å²) in [6, 6.07) is 2.14. The highest BCUT2D eigenvalue weighted by Crippen LogP contribution is 2.21. The van der Waals surface area contributed by atoms with Crippen molar-refractivity contribution in [3.63, 3.8) is 0 Å². The molecular formula is C14H17N3. The van der Waals surface area contributed by atoms with E-state index < -0.39 is 0 Å². The second-order valence-corrected chi connectivity index (χ2v) is 4.23. The monoisotopic (exact) mass is 227 g/mol. The van der Waals surface area contributed by atoms with Crippen LogP contribution in [0.2, 0.25) is 0 Å². The minimum absolute atomic E-state index is 0.249. The van der Waals surface area contributed by atoms with Crippen molar-refractivity contribution >= 4 is 0 Å². The van der Waals surface area contributed by atoms with Gasteiger partial charge in [-0.3, -0.25) is 0 Å². The summed E-state index contributed by atoms with van der Waals surface area (Å²) in [6.45, 7) is 5.91. The van der Waals surface area contributed by atoms with E-state index in [-0.39, 0.29) is 5.92 Å². The van der Waals surface area contributed by atoms with Crippen LogP contribution in [0.5, 0.6) is 0 Å². The Bertz CT molecular complexity index is 502. The molecule has 17 heavy (non-hydrogen) atoms. The Kier molecular flexibility index (Phi) is 4.01. The summed E-state index contributed by atoms with van der Waals surface area (Å²) < 4.78 is 0. The van der Waals surface area contributed by atoms with Gasteiger partial charge in [0.1, 0.15) is 11.6 Å². The molecular weight excluding hydrogens is 210 g/mol. The first kappa shape index (κ1) is 12.9. The molecule has 0 atom stereocenters. The third-order valence-electron chi connectivity index (χ3n) is 2.56. The van der Waals surface area contributed by atoms with E-state index in [0.29, 0.717) is 11.3 Å². The van der Waals surface area contributed by atoms with Crippen LogP contribution in [0.3, 0.4) is 0 Å². The normalized spacial score (nSPS) is 17.8. The standard InChI is InChI=1S/C14H17N3/c1-10(2)5-6-12(9-15)14-8-7-13(16)11(3)17(14)4/h7-8,10H,16H2,1-4H3/b14-12-. The molecule has 1 rings (SSSR count). The van der Waals surface area contributed by atoms with Gasteiger partial charge in [0.2, 0.25) is 0 Å². The molecule has 2 N–H and O–H groups in total. The predicted octanol–water partition coefficient (Wildman–Crippen LogP) is 2.12. The maximum atomic E-state index is 9.14. The van der Waals surface area contributed by atoms with Crippen LogP contribution in [-0.4, -0.2) is 11.9 Å². The summed E-state index contributed by atoms with van der Waals surface area (Å²) in [5.74, 6) is 6.17. The highest BCUT2D eigenvalue weighted by Gasteiger charge is 2.14. The summed E-state index contributed by atoms with van der Waals surface area (Å²) in [6.07, 6.45) is 3.63. The first-order valence-electron chi connectivity index (χ1n) is 5.51. The van der Waals surface area contributed by atoms with Crippen LogP contribution in [0, 0.1) is 29.1 Å². The van der Waals surface area contributed by atoms with Gasteiger partial charge >= 0.3 is 0 Å². The number of hydrogen-bond donors (Lipinski definition) is 1. The van der Waals surface area contributed by atoms with Gasteiger partial charge in [-0.15, -0.1) is 0 Å². The minimum Gasteiger partial charge on any atom is -0.397 e. The van der Waals surface area contributed by atoms with Crippen molar-refractivity contribution in [2.24, 2.45) is 11.7 Å². The van der Waals surface area contributed by atoms with Crippen LogP contribution in [0.15, 0.2) is 34.8 Å². The number of likely N-dealkylation sites (N-methyl/N-ethyl adjacent to an activating group) is 1. The van der Waals surface area contributed by atoms with Gasteiger partial charge in [-0.25, -0.2) is 0 Å². The van der Waals surface area contributed by atoms with Gasteiger partial charge in [0.15, 0.2) is 0 Å². The summed E-state index contributed by atoms with van der Waals surface area (Å²) in [7, 11) is 1.88. The van der Waals surface area contributed by atoms with E-state index in [9.17, 15) is 0 Å². The molecule has 0 spiro atoms. The zero-order valence-corrected chi connectivity index (χ0v) is 10.7. The lowest BCUT2D eigenvalue weighted by atomic mass is 10.1. The second-order valence-electron chi connectivity index (χ2n) is 4.23. The average Bonchev–Trinajstić information content (AvgIpc) is 2.29. The van der Waals surface area contributed by atoms with Gasteiger partial charge in [0.05, 0.1) is 11.4 Å². The van der Waals surface area contributed by atoms with E-state index in [1.165, 1.54) is 0 Å². The highest BCUT2D eigenvalue weighted by atomic mass is 15.1. The maximum Gasteiger partial charge on any atom is 0.125 e. The van der Waals surface area contributed by atoms with Gasteiger partial charge < -0.3 is 10.6 Å². The van der Waals surface area contributed by atoms with Crippen LogP contribution in [-0.2, 0) is 0 Å². The van der Waals surface area contributed by atoms with Gasteiger partial charge in [0, 0.05) is 18.7 Å². The van der Waals surface area contributed by atoms with Crippen molar-refractivity contribution in [2.45, 2.75) is 20.8 Å². The molecule has 0 aromatic heterocycles. The lowest BCUT2D eigenvalue weighted by Gasteiger charge is -2.25. The molecule has 88 valence electrons. The second kappa shape index (κ2) is 5.27. The number of hydrogen-bond acceptors (Lipinski definition) is 3. The SMILES string of the molecule is CC1=C(N)C=C/C(=C(/C#N)C#CC(C)C)N1C. The van der Waals surface area contributed by atoms with Crippen LogP contribution < -0.4 is 5.73 Å². The molecule has 0 amide bonds. The maximum absolute atomic E-state index is 9.14. The van der Waals surface area contributed by atoms with Crippen molar-refractivity contribution in [1.82, 2.24) is 4.90 Å². The number of rotatable bonds is 0. The molecule has 0 aliphatic carbocycles. The first-order chi connectivity index (χ1) is 7.97. The predicted molar refractivity (Wildman–Crippen MR) is 69.0 cm³/mol. The zero-order valence-electron chi connectivity index (χ0n) is 10.7. The van der Waals surface area contributed by atoms with E-state index in [2.05, 4.69) is 17.9 Å². The fraction of sp³-hybridized carbons (Fsp3) is 0.357.